The number of H-pyrrole nitrogens is 1. The normalized spacial score (nSPS) is 11.0. The van der Waals surface area contributed by atoms with Crippen molar-refractivity contribution < 1.29 is 0 Å². The molecule has 0 saturated carbocycles. The Bertz CT molecular complexity index is 1210. The van der Waals surface area contributed by atoms with Crippen molar-refractivity contribution in [2.45, 2.75) is 20.4 Å². The number of nitrogen functional groups attached to an aromatic ring is 1. The fourth-order valence-corrected chi connectivity index (χ4v) is 3.54. The van der Waals surface area contributed by atoms with Crippen molar-refractivity contribution in [2.24, 2.45) is 0 Å². The van der Waals surface area contributed by atoms with Gasteiger partial charge in [-0.25, -0.2) is 0 Å². The van der Waals surface area contributed by atoms with Gasteiger partial charge in [-0.05, 0) is 54.4 Å². The number of aromatic nitrogens is 3. The lowest BCUT2D eigenvalue weighted by atomic mass is 9.97. The number of para-hydroxylation sites is 2. The number of nitrogens with one attached hydrogen (secondary N) is 3. The molecule has 0 radical (unpaired) electrons. The Morgan fingerprint density at radius 3 is 2.80 bits per heavy atom. The van der Waals surface area contributed by atoms with E-state index in [4.69, 9.17) is 5.73 Å². The Hall–Kier alpha value is -3.64. The van der Waals surface area contributed by atoms with E-state index in [9.17, 15) is 0 Å². The molecule has 0 atom stereocenters. The first-order valence-corrected chi connectivity index (χ1v) is 10.0. The van der Waals surface area contributed by atoms with Crippen LogP contribution in [0.5, 0.6) is 0 Å². The number of fused-ring (bicyclic) bond motifs is 1. The van der Waals surface area contributed by atoms with Crippen LogP contribution in [0.2, 0.25) is 0 Å². The van der Waals surface area contributed by atoms with Gasteiger partial charge in [-0.3, -0.25) is 10.1 Å². The molecule has 30 heavy (non-hydrogen) atoms. The smallest absolute Gasteiger partial charge is 0.116 e. The number of hydrogen-bond donors (Lipinski definition) is 4. The molecule has 4 rings (SSSR count). The maximum atomic E-state index is 6.06. The van der Waals surface area contributed by atoms with Crippen LogP contribution in [-0.2, 0) is 6.54 Å². The molecule has 0 fully saturated rings. The molecule has 0 aliphatic carbocycles. The predicted molar refractivity (Wildman–Crippen MR) is 125 cm³/mol. The third-order valence-electron chi connectivity index (χ3n) is 5.29. The molecular formula is C24H26N6. The van der Waals surface area contributed by atoms with Crippen molar-refractivity contribution in [3.63, 3.8) is 0 Å². The zero-order valence-corrected chi connectivity index (χ0v) is 17.3. The van der Waals surface area contributed by atoms with Crippen molar-refractivity contribution in [1.29, 1.82) is 0 Å². The van der Waals surface area contributed by atoms with Crippen LogP contribution in [0.15, 0.2) is 61.4 Å². The minimum absolute atomic E-state index is 0.665. The zero-order valence-electron chi connectivity index (χ0n) is 17.3. The highest BCUT2D eigenvalue weighted by Crippen LogP contribution is 2.31. The zero-order chi connectivity index (χ0) is 21.1. The van der Waals surface area contributed by atoms with Crippen LogP contribution in [0.25, 0.3) is 27.7 Å². The minimum Gasteiger partial charge on any atom is -0.397 e. The van der Waals surface area contributed by atoms with Gasteiger partial charge in [-0.15, -0.1) is 0 Å². The van der Waals surface area contributed by atoms with E-state index in [-0.39, 0.29) is 0 Å². The summed E-state index contributed by atoms with van der Waals surface area (Å²) in [5.74, 6) is 0. The maximum Gasteiger partial charge on any atom is 0.116 e. The van der Waals surface area contributed by atoms with Crippen LogP contribution < -0.4 is 16.4 Å². The molecule has 0 bridgehead atoms. The highest BCUT2D eigenvalue weighted by molar-refractivity contribution is 5.96. The van der Waals surface area contributed by atoms with E-state index in [0.29, 0.717) is 11.4 Å². The number of aromatic amines is 1. The summed E-state index contributed by atoms with van der Waals surface area (Å²) in [4.78, 5) is 4.46. The van der Waals surface area contributed by atoms with Crippen molar-refractivity contribution in [2.75, 3.05) is 17.6 Å². The number of nitrogens with zero attached hydrogens (tertiary/aromatic N) is 2. The molecule has 0 unspecified atom stereocenters. The van der Waals surface area contributed by atoms with E-state index in [1.165, 1.54) is 11.1 Å². The summed E-state index contributed by atoms with van der Waals surface area (Å²) in [5.41, 5.74) is 14.6. The van der Waals surface area contributed by atoms with Crippen molar-refractivity contribution in [3.05, 3.63) is 78.3 Å². The summed E-state index contributed by atoms with van der Waals surface area (Å²) in [6.07, 6.45) is 3.85. The first kappa shape index (κ1) is 19.7. The lowest BCUT2D eigenvalue weighted by Crippen LogP contribution is -2.13. The lowest BCUT2D eigenvalue weighted by Gasteiger charge is -2.12. The van der Waals surface area contributed by atoms with E-state index < -0.39 is 0 Å². The Labute approximate surface area is 176 Å². The Morgan fingerprint density at radius 2 is 2.00 bits per heavy atom. The van der Waals surface area contributed by atoms with Crippen LogP contribution in [0.3, 0.4) is 0 Å². The molecule has 0 saturated heterocycles. The van der Waals surface area contributed by atoms with Gasteiger partial charge in [0.2, 0.25) is 0 Å². The number of hydrogen-bond acceptors (Lipinski definition) is 5. The predicted octanol–water partition coefficient (Wildman–Crippen LogP) is 4.71. The Kier molecular flexibility index (Phi) is 5.50. The summed E-state index contributed by atoms with van der Waals surface area (Å²) < 4.78 is 0. The molecule has 0 amide bonds. The molecule has 5 N–H and O–H groups in total. The van der Waals surface area contributed by atoms with Gasteiger partial charge in [0.15, 0.2) is 0 Å². The van der Waals surface area contributed by atoms with Crippen LogP contribution in [0.4, 0.5) is 11.4 Å². The minimum atomic E-state index is 0.665. The molecule has 2 aromatic heterocycles. The van der Waals surface area contributed by atoms with Crippen LogP contribution in [0, 0.1) is 6.92 Å². The summed E-state index contributed by atoms with van der Waals surface area (Å²) in [7, 11) is 0. The first-order chi connectivity index (χ1) is 14.6. The van der Waals surface area contributed by atoms with Crippen LogP contribution in [-0.4, -0.2) is 21.7 Å². The van der Waals surface area contributed by atoms with Gasteiger partial charge in [-0.2, -0.15) is 5.10 Å². The molecule has 6 nitrogen and oxygen atoms in total. The lowest BCUT2D eigenvalue weighted by molar-refractivity contribution is 0.721. The summed E-state index contributed by atoms with van der Waals surface area (Å²) >= 11 is 0. The summed E-state index contributed by atoms with van der Waals surface area (Å²) in [6.45, 7) is 10.2. The van der Waals surface area contributed by atoms with Crippen molar-refractivity contribution in [1.82, 2.24) is 20.5 Å². The van der Waals surface area contributed by atoms with Gasteiger partial charge in [0.05, 0.1) is 22.6 Å². The van der Waals surface area contributed by atoms with Crippen molar-refractivity contribution >= 4 is 28.0 Å². The van der Waals surface area contributed by atoms with E-state index in [1.54, 1.807) is 0 Å². The monoisotopic (exact) mass is 398 g/mol. The third-order valence-corrected chi connectivity index (χ3v) is 5.29. The molecular weight excluding hydrogens is 372 g/mol. The van der Waals surface area contributed by atoms with E-state index in [2.05, 4.69) is 58.4 Å². The van der Waals surface area contributed by atoms with Gasteiger partial charge < -0.3 is 16.4 Å². The fraction of sp³-hybridized carbons (Fsp3) is 0.167. The van der Waals surface area contributed by atoms with Crippen LogP contribution >= 0.6 is 0 Å². The van der Waals surface area contributed by atoms with Gasteiger partial charge in [0.25, 0.3) is 0 Å². The van der Waals surface area contributed by atoms with E-state index in [1.807, 2.05) is 42.7 Å². The summed E-state index contributed by atoms with van der Waals surface area (Å²) in [5, 5.41) is 15.2. The first-order valence-electron chi connectivity index (χ1n) is 10.0. The van der Waals surface area contributed by atoms with Gasteiger partial charge >= 0.3 is 0 Å². The second-order valence-electron chi connectivity index (χ2n) is 7.27. The average Bonchev–Trinajstić information content (AvgIpc) is 3.18. The number of anilines is 2. The van der Waals surface area contributed by atoms with Crippen LogP contribution in [0.1, 0.15) is 23.7 Å². The number of pyridine rings is 1. The number of rotatable bonds is 7. The second-order valence-corrected chi connectivity index (χ2v) is 7.27. The van der Waals surface area contributed by atoms with Gasteiger partial charge in [0, 0.05) is 29.9 Å². The fourth-order valence-electron chi connectivity index (χ4n) is 3.54. The third kappa shape index (κ3) is 3.77. The molecule has 6 heteroatoms. The second kappa shape index (κ2) is 8.39. The van der Waals surface area contributed by atoms with Gasteiger partial charge in [0.1, 0.15) is 5.69 Å². The van der Waals surface area contributed by atoms with E-state index >= 15 is 0 Å². The largest absolute Gasteiger partial charge is 0.397 e. The molecule has 4 aromatic rings. The maximum absolute atomic E-state index is 6.06. The molecule has 2 heterocycles. The average molecular weight is 399 g/mol. The summed E-state index contributed by atoms with van der Waals surface area (Å²) in [6, 6.07) is 13.9. The Morgan fingerprint density at radius 1 is 1.17 bits per heavy atom. The molecule has 0 spiro atoms. The van der Waals surface area contributed by atoms with Crippen molar-refractivity contribution in [3.8, 4) is 11.1 Å². The molecule has 0 aliphatic heterocycles. The standard InChI is InChI=1S/C24H26N6/c1-4-26-12-18-13-27-14-20(15(18)2)17-9-10-22-19(11-17)24(30-29-22)16(3)28-23-8-6-5-7-21(23)25/h5-11,13-14,26,28H,3-4,12,25H2,1-2H3,(H,29,30). The molecule has 0 aliphatic rings. The quantitative estimate of drug-likeness (QED) is 0.339. The SMILES string of the molecule is C=C(Nc1ccccc1N)c1n[nH]c2ccc(-c3cncc(CNCC)c3C)cc12. The highest BCUT2D eigenvalue weighted by Gasteiger charge is 2.13. The van der Waals surface area contributed by atoms with E-state index in [0.717, 1.165) is 46.5 Å². The Balaban J connectivity index is 1.70. The topological polar surface area (TPSA) is 91.6 Å². The number of benzene rings is 2. The molecule has 2 aromatic carbocycles. The number of nitrogens with two attached hydrogens (primary N) is 1. The highest BCUT2D eigenvalue weighted by atomic mass is 15.1. The van der Waals surface area contributed by atoms with Gasteiger partial charge in [-0.1, -0.05) is 31.7 Å². The molecule has 152 valence electrons.